The van der Waals surface area contributed by atoms with Crippen LogP contribution in [0.3, 0.4) is 0 Å². The maximum Gasteiger partial charge on any atom is 0.0474 e. The summed E-state index contributed by atoms with van der Waals surface area (Å²) in [7, 11) is 1.79. The van der Waals surface area contributed by atoms with E-state index < -0.39 is 0 Å². The number of hydrogen-bond acceptors (Lipinski definition) is 3. The van der Waals surface area contributed by atoms with E-state index in [1.165, 1.54) is 51.7 Å². The van der Waals surface area contributed by atoms with Gasteiger partial charge in [-0.3, -0.25) is 4.90 Å². The molecule has 0 bridgehead atoms. The van der Waals surface area contributed by atoms with Crippen molar-refractivity contribution in [2.45, 2.75) is 44.2 Å². The molecule has 0 radical (unpaired) electrons. The van der Waals surface area contributed by atoms with Gasteiger partial charge in [0.2, 0.25) is 0 Å². The Kier molecular flexibility index (Phi) is 4.42. The van der Waals surface area contributed by atoms with Crippen LogP contribution in [0.15, 0.2) is 0 Å². The van der Waals surface area contributed by atoms with E-state index >= 15 is 0 Å². The second-order valence-corrected chi connectivity index (χ2v) is 4.87. The monoisotopic (exact) mass is 212 g/mol. The third-order valence-electron chi connectivity index (χ3n) is 3.47. The van der Waals surface area contributed by atoms with Gasteiger partial charge in [-0.05, 0) is 38.6 Å². The zero-order valence-electron chi connectivity index (χ0n) is 9.87. The van der Waals surface area contributed by atoms with Gasteiger partial charge in [-0.2, -0.15) is 0 Å². The molecule has 15 heavy (non-hydrogen) atoms. The van der Waals surface area contributed by atoms with Crippen molar-refractivity contribution >= 4 is 0 Å². The SMILES string of the molecule is COCCCN(CC1CCCN1)C1CC1. The van der Waals surface area contributed by atoms with Gasteiger partial charge in [0, 0.05) is 38.9 Å². The lowest BCUT2D eigenvalue weighted by Crippen LogP contribution is -2.39. The van der Waals surface area contributed by atoms with Crippen molar-refractivity contribution < 1.29 is 4.74 Å². The molecule has 0 aromatic carbocycles. The molecular formula is C12H24N2O. The predicted molar refractivity (Wildman–Crippen MR) is 62.1 cm³/mol. The van der Waals surface area contributed by atoms with Gasteiger partial charge in [0.25, 0.3) is 0 Å². The standard InChI is InChI=1S/C12H24N2O/c1-15-9-3-8-14(12-5-6-12)10-11-4-2-7-13-11/h11-13H,2-10H2,1H3. The zero-order valence-corrected chi connectivity index (χ0v) is 9.87. The Morgan fingerprint density at radius 1 is 1.33 bits per heavy atom. The van der Waals surface area contributed by atoms with Crippen molar-refractivity contribution in [3.8, 4) is 0 Å². The summed E-state index contributed by atoms with van der Waals surface area (Å²) in [5.74, 6) is 0. The Labute approximate surface area is 93.2 Å². The van der Waals surface area contributed by atoms with E-state index in [-0.39, 0.29) is 0 Å². The first-order valence-corrected chi connectivity index (χ1v) is 6.36. The molecule has 1 aliphatic carbocycles. The fraction of sp³-hybridized carbons (Fsp3) is 1.00. The van der Waals surface area contributed by atoms with Crippen molar-refractivity contribution in [1.82, 2.24) is 10.2 Å². The summed E-state index contributed by atoms with van der Waals surface area (Å²) in [6.07, 6.45) is 6.74. The second kappa shape index (κ2) is 5.83. The van der Waals surface area contributed by atoms with E-state index in [1.807, 2.05) is 0 Å². The maximum absolute atomic E-state index is 5.12. The highest BCUT2D eigenvalue weighted by Crippen LogP contribution is 2.27. The van der Waals surface area contributed by atoms with Gasteiger partial charge in [-0.15, -0.1) is 0 Å². The van der Waals surface area contributed by atoms with Crippen LogP contribution in [-0.2, 0) is 4.74 Å². The average Bonchev–Trinajstić information content (AvgIpc) is 2.97. The molecule has 0 aromatic rings. The smallest absolute Gasteiger partial charge is 0.0474 e. The summed E-state index contributed by atoms with van der Waals surface area (Å²) in [5, 5.41) is 3.59. The molecule has 3 heteroatoms. The van der Waals surface area contributed by atoms with E-state index in [4.69, 9.17) is 4.74 Å². The molecular weight excluding hydrogens is 188 g/mol. The van der Waals surface area contributed by atoms with Crippen LogP contribution < -0.4 is 5.32 Å². The van der Waals surface area contributed by atoms with E-state index in [2.05, 4.69) is 10.2 Å². The van der Waals surface area contributed by atoms with Crippen molar-refractivity contribution in [2.75, 3.05) is 33.4 Å². The van der Waals surface area contributed by atoms with Crippen molar-refractivity contribution in [3.05, 3.63) is 0 Å². The highest BCUT2D eigenvalue weighted by molar-refractivity contribution is 4.88. The number of ether oxygens (including phenoxy) is 1. The Hall–Kier alpha value is -0.120. The first-order valence-electron chi connectivity index (χ1n) is 6.36. The van der Waals surface area contributed by atoms with Gasteiger partial charge >= 0.3 is 0 Å². The Balaban J connectivity index is 1.68. The van der Waals surface area contributed by atoms with Gasteiger partial charge in [0.05, 0.1) is 0 Å². The highest BCUT2D eigenvalue weighted by Gasteiger charge is 2.30. The van der Waals surface area contributed by atoms with Crippen LogP contribution in [0.1, 0.15) is 32.1 Å². The average molecular weight is 212 g/mol. The number of nitrogens with zero attached hydrogens (tertiary/aromatic N) is 1. The van der Waals surface area contributed by atoms with Crippen molar-refractivity contribution in [3.63, 3.8) is 0 Å². The summed E-state index contributed by atoms with van der Waals surface area (Å²) in [6.45, 7) is 4.60. The topological polar surface area (TPSA) is 24.5 Å². The maximum atomic E-state index is 5.12. The van der Waals surface area contributed by atoms with E-state index in [1.54, 1.807) is 7.11 Å². The normalized spacial score (nSPS) is 26.4. The fourth-order valence-corrected chi connectivity index (χ4v) is 2.47. The molecule has 0 amide bonds. The second-order valence-electron chi connectivity index (χ2n) is 4.87. The van der Waals surface area contributed by atoms with Crippen LogP contribution in [0.25, 0.3) is 0 Å². The van der Waals surface area contributed by atoms with Crippen molar-refractivity contribution in [1.29, 1.82) is 0 Å². The molecule has 1 aliphatic heterocycles. The molecule has 1 saturated heterocycles. The lowest BCUT2D eigenvalue weighted by atomic mass is 10.2. The minimum absolute atomic E-state index is 0.758. The first kappa shape index (κ1) is 11.4. The fourth-order valence-electron chi connectivity index (χ4n) is 2.47. The lowest BCUT2D eigenvalue weighted by Gasteiger charge is -2.25. The summed E-state index contributed by atoms with van der Waals surface area (Å²) >= 11 is 0. The van der Waals surface area contributed by atoms with Gasteiger partial charge in [-0.1, -0.05) is 0 Å². The van der Waals surface area contributed by atoms with Crippen LogP contribution in [0, 0.1) is 0 Å². The zero-order chi connectivity index (χ0) is 10.5. The molecule has 1 atom stereocenters. The van der Waals surface area contributed by atoms with Crippen LogP contribution in [0.4, 0.5) is 0 Å². The molecule has 0 aromatic heterocycles. The third-order valence-corrected chi connectivity index (χ3v) is 3.47. The van der Waals surface area contributed by atoms with Gasteiger partial charge in [-0.25, -0.2) is 0 Å². The summed E-state index contributed by atoms with van der Waals surface area (Å²) in [6, 6.07) is 1.65. The molecule has 1 heterocycles. The van der Waals surface area contributed by atoms with Crippen molar-refractivity contribution in [2.24, 2.45) is 0 Å². The Morgan fingerprint density at radius 3 is 2.80 bits per heavy atom. The third kappa shape index (κ3) is 3.74. The minimum Gasteiger partial charge on any atom is -0.385 e. The van der Waals surface area contributed by atoms with E-state index in [0.29, 0.717) is 0 Å². The summed E-state index contributed by atoms with van der Waals surface area (Å²) in [5.41, 5.74) is 0. The van der Waals surface area contributed by atoms with Crippen LogP contribution in [-0.4, -0.2) is 50.3 Å². The number of methoxy groups -OCH3 is 1. The van der Waals surface area contributed by atoms with Crippen LogP contribution in [0.2, 0.25) is 0 Å². The Morgan fingerprint density at radius 2 is 2.20 bits per heavy atom. The van der Waals surface area contributed by atoms with E-state index in [0.717, 1.165) is 18.7 Å². The van der Waals surface area contributed by atoms with Gasteiger partial charge < -0.3 is 10.1 Å². The molecule has 3 nitrogen and oxygen atoms in total. The van der Waals surface area contributed by atoms with Gasteiger partial charge in [0.1, 0.15) is 0 Å². The summed E-state index contributed by atoms with van der Waals surface area (Å²) < 4.78 is 5.12. The number of rotatable bonds is 7. The first-order chi connectivity index (χ1) is 7.40. The van der Waals surface area contributed by atoms with E-state index in [9.17, 15) is 0 Å². The number of hydrogen-bond donors (Lipinski definition) is 1. The molecule has 1 N–H and O–H groups in total. The largest absolute Gasteiger partial charge is 0.385 e. The minimum atomic E-state index is 0.758. The molecule has 88 valence electrons. The quantitative estimate of drug-likeness (QED) is 0.643. The predicted octanol–water partition coefficient (Wildman–Crippen LogP) is 1.24. The number of nitrogens with one attached hydrogen (secondary N) is 1. The van der Waals surface area contributed by atoms with Crippen LogP contribution in [0.5, 0.6) is 0 Å². The molecule has 2 rings (SSSR count). The molecule has 0 spiro atoms. The highest BCUT2D eigenvalue weighted by atomic mass is 16.5. The van der Waals surface area contributed by atoms with Crippen LogP contribution >= 0.6 is 0 Å². The lowest BCUT2D eigenvalue weighted by molar-refractivity contribution is 0.164. The summed E-state index contributed by atoms with van der Waals surface area (Å²) in [4.78, 5) is 2.67. The molecule has 2 aliphatic rings. The molecule has 2 fully saturated rings. The molecule has 1 unspecified atom stereocenters. The Bertz CT molecular complexity index is 176. The molecule has 1 saturated carbocycles. The van der Waals surface area contributed by atoms with Gasteiger partial charge in [0.15, 0.2) is 0 Å².